The first kappa shape index (κ1) is 20.7. The number of nitrogens with zero attached hydrogens (tertiary/aromatic N) is 2. The molecule has 0 unspecified atom stereocenters. The molecule has 1 fully saturated rings. The van der Waals surface area contributed by atoms with Crippen LogP contribution in [0.4, 0.5) is 5.69 Å². The van der Waals surface area contributed by atoms with Crippen molar-refractivity contribution >= 4 is 49.9 Å². The predicted octanol–water partition coefficient (Wildman–Crippen LogP) is 5.35. The summed E-state index contributed by atoms with van der Waals surface area (Å²) in [5, 5.41) is 7.34. The fraction of sp³-hybridized carbons (Fsp3) is 0.250. The number of carbonyl (C=O) groups excluding carboxylic acids is 1. The molecule has 0 spiro atoms. The van der Waals surface area contributed by atoms with Gasteiger partial charge in [-0.05, 0) is 68.5 Å². The van der Waals surface area contributed by atoms with Gasteiger partial charge in [-0.25, -0.2) is 9.78 Å². The molecule has 5 aromatic rings. The van der Waals surface area contributed by atoms with E-state index in [1.807, 2.05) is 37.3 Å². The Morgan fingerprint density at radius 3 is 2.68 bits per heavy atom. The maximum absolute atomic E-state index is 13.6. The average molecular weight is 452 g/mol. The van der Waals surface area contributed by atoms with Crippen LogP contribution in [0.15, 0.2) is 66.0 Å². The molecule has 1 aliphatic rings. The third-order valence-electron chi connectivity index (χ3n) is 7.01. The van der Waals surface area contributed by atoms with Crippen LogP contribution in [0.3, 0.4) is 0 Å². The molecule has 0 bridgehead atoms. The van der Waals surface area contributed by atoms with E-state index in [1.54, 1.807) is 4.40 Å². The number of carbonyl (C=O) groups is 1. The Labute approximate surface area is 196 Å². The summed E-state index contributed by atoms with van der Waals surface area (Å²) in [7, 11) is 0. The van der Waals surface area contributed by atoms with Crippen molar-refractivity contribution in [1.82, 2.24) is 9.38 Å². The molecule has 2 heterocycles. The number of fused-ring (bicyclic) bond motifs is 4. The van der Waals surface area contributed by atoms with Crippen LogP contribution in [-0.2, 0) is 9.53 Å². The van der Waals surface area contributed by atoms with Gasteiger partial charge in [-0.15, -0.1) is 0 Å². The van der Waals surface area contributed by atoms with Gasteiger partial charge in [-0.1, -0.05) is 24.8 Å². The molecular weight excluding hydrogens is 426 g/mol. The molecule has 3 aromatic carbocycles. The van der Waals surface area contributed by atoms with E-state index < -0.39 is 0 Å². The van der Waals surface area contributed by atoms with E-state index in [9.17, 15) is 9.59 Å². The van der Waals surface area contributed by atoms with E-state index in [1.165, 1.54) is 6.08 Å². The van der Waals surface area contributed by atoms with E-state index in [-0.39, 0.29) is 23.7 Å². The molecule has 34 heavy (non-hydrogen) atoms. The summed E-state index contributed by atoms with van der Waals surface area (Å²) in [5.74, 6) is -0.356. The number of ether oxygens (including phenoxy) is 1. The number of hydrogen-bond donors (Lipinski definition) is 1. The van der Waals surface area contributed by atoms with Crippen molar-refractivity contribution in [3.63, 3.8) is 0 Å². The number of aryl methyl sites for hydroxylation is 1. The molecule has 1 aliphatic carbocycles. The summed E-state index contributed by atoms with van der Waals surface area (Å²) in [6, 6.07) is 16.4. The van der Waals surface area contributed by atoms with Crippen LogP contribution < -0.4 is 10.9 Å². The molecule has 170 valence electrons. The van der Waals surface area contributed by atoms with Gasteiger partial charge in [0.05, 0.1) is 11.0 Å². The van der Waals surface area contributed by atoms with Gasteiger partial charge in [0.25, 0.3) is 5.56 Å². The zero-order chi connectivity index (χ0) is 23.4. The van der Waals surface area contributed by atoms with Crippen molar-refractivity contribution in [2.45, 2.75) is 44.8 Å². The molecule has 6 rings (SSSR count). The zero-order valence-electron chi connectivity index (χ0n) is 19.0. The van der Waals surface area contributed by atoms with Gasteiger partial charge in [-0.3, -0.25) is 9.20 Å². The molecule has 1 N–H and O–H groups in total. The largest absolute Gasteiger partial charge is 0.459 e. The molecule has 0 atom stereocenters. The van der Waals surface area contributed by atoms with E-state index in [4.69, 9.17) is 9.72 Å². The summed E-state index contributed by atoms with van der Waals surface area (Å²) in [6.45, 7) is 5.50. The van der Waals surface area contributed by atoms with Crippen LogP contribution >= 0.6 is 0 Å². The lowest BCUT2D eigenvalue weighted by Gasteiger charge is -2.29. The van der Waals surface area contributed by atoms with Crippen LogP contribution in [0.5, 0.6) is 0 Å². The Morgan fingerprint density at radius 2 is 1.88 bits per heavy atom. The van der Waals surface area contributed by atoms with E-state index in [0.717, 1.165) is 64.1 Å². The molecular formula is C28H25N3O3. The number of nitrogens with one attached hydrogen (secondary N) is 1. The molecule has 0 saturated heterocycles. The quantitative estimate of drug-likeness (QED) is 0.294. The highest BCUT2D eigenvalue weighted by molar-refractivity contribution is 6.18. The second kappa shape index (κ2) is 7.83. The monoisotopic (exact) mass is 451 g/mol. The molecule has 1 saturated carbocycles. The predicted molar refractivity (Wildman–Crippen MR) is 136 cm³/mol. The topological polar surface area (TPSA) is 72.7 Å². The number of aromatic nitrogens is 2. The SMILES string of the molecule is C=CC(=O)OC1CCC(Nc2ccc3c4c2cccc4c(=O)n2c4ccc(C)cc4nc32)CC1. The first-order chi connectivity index (χ1) is 16.5. The smallest absolute Gasteiger partial charge is 0.330 e. The Bertz CT molecular complexity index is 1640. The van der Waals surface area contributed by atoms with Gasteiger partial charge < -0.3 is 10.1 Å². The average Bonchev–Trinajstić information content (AvgIpc) is 3.23. The number of rotatable bonds is 4. The lowest BCUT2D eigenvalue weighted by molar-refractivity contribution is -0.144. The second-order valence-corrected chi connectivity index (χ2v) is 9.22. The first-order valence-corrected chi connectivity index (χ1v) is 11.7. The lowest BCUT2D eigenvalue weighted by Crippen LogP contribution is -2.30. The molecule has 0 radical (unpaired) electrons. The second-order valence-electron chi connectivity index (χ2n) is 9.22. The van der Waals surface area contributed by atoms with E-state index in [2.05, 4.69) is 30.1 Å². The molecule has 6 nitrogen and oxygen atoms in total. The number of benzene rings is 3. The number of pyridine rings is 1. The minimum absolute atomic E-state index is 0.0406. The maximum Gasteiger partial charge on any atom is 0.330 e. The van der Waals surface area contributed by atoms with Crippen LogP contribution in [0.25, 0.3) is 38.2 Å². The fourth-order valence-corrected chi connectivity index (χ4v) is 5.35. The third-order valence-corrected chi connectivity index (χ3v) is 7.01. The summed E-state index contributed by atoms with van der Waals surface area (Å²) < 4.78 is 7.15. The Morgan fingerprint density at radius 1 is 1.09 bits per heavy atom. The Kier molecular flexibility index (Phi) is 4.76. The Balaban J connectivity index is 1.42. The van der Waals surface area contributed by atoms with E-state index >= 15 is 0 Å². The lowest BCUT2D eigenvalue weighted by atomic mass is 9.92. The van der Waals surface area contributed by atoms with Crippen molar-refractivity contribution < 1.29 is 9.53 Å². The van der Waals surface area contributed by atoms with Gasteiger partial charge in [0.2, 0.25) is 0 Å². The highest BCUT2D eigenvalue weighted by Crippen LogP contribution is 2.35. The van der Waals surface area contributed by atoms with Crippen molar-refractivity contribution in [2.24, 2.45) is 0 Å². The Hall–Kier alpha value is -3.93. The van der Waals surface area contributed by atoms with Crippen molar-refractivity contribution in [3.8, 4) is 0 Å². The van der Waals surface area contributed by atoms with Gasteiger partial charge in [0, 0.05) is 39.4 Å². The molecule has 6 heteroatoms. The highest BCUT2D eigenvalue weighted by atomic mass is 16.5. The number of imidazole rings is 1. The van der Waals surface area contributed by atoms with Crippen molar-refractivity contribution in [3.05, 3.63) is 77.1 Å². The maximum atomic E-state index is 13.6. The highest BCUT2D eigenvalue weighted by Gasteiger charge is 2.24. The number of hydrogen-bond acceptors (Lipinski definition) is 5. The van der Waals surface area contributed by atoms with Crippen LogP contribution in [0, 0.1) is 6.92 Å². The van der Waals surface area contributed by atoms with Crippen LogP contribution in [0.1, 0.15) is 31.2 Å². The van der Waals surface area contributed by atoms with Gasteiger partial charge in [0.15, 0.2) is 0 Å². The number of anilines is 1. The summed E-state index contributed by atoms with van der Waals surface area (Å²) in [4.78, 5) is 29.9. The minimum atomic E-state index is -0.356. The van der Waals surface area contributed by atoms with E-state index in [0.29, 0.717) is 11.0 Å². The zero-order valence-corrected chi connectivity index (χ0v) is 19.0. The standard InChI is InChI=1S/C28H25N3O3/c1-3-25(32)34-18-10-8-17(9-11-18)29-22-13-12-20-26-19(22)5-4-6-21(26)28(33)31-24-14-7-16(2)15-23(24)30-27(20)31/h3-7,12-15,17-18,29H,1,8-11H2,2H3. The van der Waals surface area contributed by atoms with Crippen LogP contribution in [-0.4, -0.2) is 27.5 Å². The number of esters is 1. The minimum Gasteiger partial charge on any atom is -0.459 e. The molecule has 0 aliphatic heterocycles. The van der Waals surface area contributed by atoms with Crippen LogP contribution in [0.2, 0.25) is 0 Å². The summed E-state index contributed by atoms with van der Waals surface area (Å²) >= 11 is 0. The third kappa shape index (κ3) is 3.21. The van der Waals surface area contributed by atoms with Crippen molar-refractivity contribution in [2.75, 3.05) is 5.32 Å². The molecule has 2 aromatic heterocycles. The summed E-state index contributed by atoms with van der Waals surface area (Å²) in [5.41, 5.74) is 4.46. The van der Waals surface area contributed by atoms with Gasteiger partial charge >= 0.3 is 5.97 Å². The van der Waals surface area contributed by atoms with Gasteiger partial charge in [0.1, 0.15) is 11.8 Å². The normalized spacial score (nSPS) is 18.6. The first-order valence-electron chi connectivity index (χ1n) is 11.7. The molecule has 0 amide bonds. The van der Waals surface area contributed by atoms with Crippen molar-refractivity contribution in [1.29, 1.82) is 0 Å². The van der Waals surface area contributed by atoms with Gasteiger partial charge in [-0.2, -0.15) is 0 Å². The fourth-order valence-electron chi connectivity index (χ4n) is 5.35. The summed E-state index contributed by atoms with van der Waals surface area (Å²) in [6.07, 6.45) is 4.63.